The summed E-state index contributed by atoms with van der Waals surface area (Å²) in [5.74, 6) is 0.680. The fraction of sp³-hybridized carbons (Fsp3) is 0.130. The number of halogens is 3. The molecule has 30 heavy (non-hydrogen) atoms. The van der Waals surface area contributed by atoms with E-state index in [1.807, 2.05) is 31.3 Å². The Hall–Kier alpha value is -3.61. The average molecular weight is 409 g/mol. The van der Waals surface area contributed by atoms with Gasteiger partial charge in [0.15, 0.2) is 0 Å². The van der Waals surface area contributed by atoms with Crippen LogP contribution in [0.2, 0.25) is 0 Å². The predicted octanol–water partition coefficient (Wildman–Crippen LogP) is 5.94. The van der Waals surface area contributed by atoms with Gasteiger partial charge in [-0.05, 0) is 47.9 Å². The first-order chi connectivity index (χ1) is 14.4. The van der Waals surface area contributed by atoms with Gasteiger partial charge < -0.3 is 4.74 Å². The van der Waals surface area contributed by atoms with Gasteiger partial charge in [0.25, 0.3) is 0 Å². The fourth-order valence-corrected chi connectivity index (χ4v) is 3.28. The summed E-state index contributed by atoms with van der Waals surface area (Å²) in [6, 6.07) is 12.6. The molecule has 4 aromatic rings. The van der Waals surface area contributed by atoms with Gasteiger partial charge in [-0.2, -0.15) is 18.3 Å². The molecule has 0 saturated carbocycles. The smallest absolute Gasteiger partial charge is 0.416 e. The first kappa shape index (κ1) is 19.7. The Balaban J connectivity index is 1.75. The highest BCUT2D eigenvalue weighted by molar-refractivity contribution is 5.70. The molecule has 0 saturated heterocycles. The lowest BCUT2D eigenvalue weighted by Crippen LogP contribution is -2.04. The third-order valence-electron chi connectivity index (χ3n) is 4.87. The van der Waals surface area contributed by atoms with Crippen LogP contribution in [0.5, 0.6) is 5.75 Å². The normalized spacial score (nSPS) is 11.5. The van der Waals surface area contributed by atoms with Crippen molar-refractivity contribution >= 4 is 0 Å². The molecule has 0 aliphatic heterocycles. The minimum atomic E-state index is -4.39. The summed E-state index contributed by atoms with van der Waals surface area (Å²) in [5, 5.41) is 4.44. The second-order valence-corrected chi connectivity index (χ2v) is 6.83. The number of pyridine rings is 1. The van der Waals surface area contributed by atoms with E-state index in [2.05, 4.69) is 10.1 Å². The van der Waals surface area contributed by atoms with E-state index in [1.54, 1.807) is 42.5 Å². The van der Waals surface area contributed by atoms with Gasteiger partial charge in [-0.1, -0.05) is 24.3 Å². The Morgan fingerprint density at radius 3 is 2.50 bits per heavy atom. The van der Waals surface area contributed by atoms with Crippen molar-refractivity contribution in [2.75, 3.05) is 7.11 Å². The van der Waals surface area contributed by atoms with E-state index in [0.717, 1.165) is 34.5 Å². The van der Waals surface area contributed by atoms with Crippen molar-refractivity contribution in [3.8, 4) is 33.7 Å². The lowest BCUT2D eigenvalue weighted by molar-refractivity contribution is -0.137. The minimum absolute atomic E-state index is 0.493. The van der Waals surface area contributed by atoms with E-state index in [4.69, 9.17) is 4.74 Å². The molecule has 0 N–H and O–H groups in total. The van der Waals surface area contributed by atoms with Crippen LogP contribution in [0.4, 0.5) is 13.2 Å². The van der Waals surface area contributed by atoms with Gasteiger partial charge in [-0.3, -0.25) is 4.98 Å². The summed E-state index contributed by atoms with van der Waals surface area (Å²) < 4.78 is 46.4. The molecule has 0 atom stereocenters. The van der Waals surface area contributed by atoms with Crippen molar-refractivity contribution in [1.29, 1.82) is 0 Å². The molecule has 2 heterocycles. The Labute approximate surface area is 171 Å². The van der Waals surface area contributed by atoms with Crippen LogP contribution in [-0.4, -0.2) is 21.9 Å². The zero-order chi connectivity index (χ0) is 21.3. The number of ether oxygens (including phenoxy) is 1. The van der Waals surface area contributed by atoms with E-state index >= 15 is 0 Å². The maximum absolute atomic E-state index is 13.1. The molecule has 7 heteroatoms. The molecule has 0 fully saturated rings. The molecule has 4 nitrogen and oxygen atoms in total. The molecule has 0 aliphatic carbocycles. The van der Waals surface area contributed by atoms with E-state index in [9.17, 15) is 13.2 Å². The molecule has 0 bridgehead atoms. The van der Waals surface area contributed by atoms with Gasteiger partial charge in [0, 0.05) is 29.7 Å². The molecule has 4 rings (SSSR count). The largest absolute Gasteiger partial charge is 0.496 e. The fourth-order valence-electron chi connectivity index (χ4n) is 3.28. The molecular weight excluding hydrogens is 391 g/mol. The number of aryl methyl sites for hydroxylation is 1. The third kappa shape index (κ3) is 3.78. The van der Waals surface area contributed by atoms with Crippen molar-refractivity contribution in [3.63, 3.8) is 0 Å². The molecule has 0 spiro atoms. The lowest BCUT2D eigenvalue weighted by atomic mass is 10.0. The van der Waals surface area contributed by atoms with Crippen molar-refractivity contribution < 1.29 is 17.9 Å². The first-order valence-corrected chi connectivity index (χ1v) is 9.18. The summed E-state index contributed by atoms with van der Waals surface area (Å²) in [6.07, 6.45) is 2.51. The standard InChI is InChI=1S/C23H18F3N3O/c1-15-6-7-17(16-4-3-5-19(10-16)23(24,25)26)11-21(15)29-14-18(12-28-29)20-13-27-9-8-22(20)30-2/h3-14H,1-2H3. The number of aromatic nitrogens is 3. The van der Waals surface area contributed by atoms with Gasteiger partial charge in [-0.15, -0.1) is 0 Å². The number of alkyl halides is 3. The number of benzene rings is 2. The highest BCUT2D eigenvalue weighted by Gasteiger charge is 2.30. The van der Waals surface area contributed by atoms with Gasteiger partial charge in [0.1, 0.15) is 5.75 Å². The van der Waals surface area contributed by atoms with E-state index in [1.165, 1.54) is 6.07 Å². The van der Waals surface area contributed by atoms with Crippen LogP contribution in [0.25, 0.3) is 27.9 Å². The summed E-state index contributed by atoms with van der Waals surface area (Å²) in [7, 11) is 1.59. The van der Waals surface area contributed by atoms with Gasteiger partial charge in [0.2, 0.25) is 0 Å². The third-order valence-corrected chi connectivity index (χ3v) is 4.87. The first-order valence-electron chi connectivity index (χ1n) is 9.18. The summed E-state index contributed by atoms with van der Waals surface area (Å²) >= 11 is 0. The van der Waals surface area contributed by atoms with Crippen molar-refractivity contribution in [2.24, 2.45) is 0 Å². The Morgan fingerprint density at radius 1 is 0.933 bits per heavy atom. The number of hydrogen-bond acceptors (Lipinski definition) is 3. The maximum atomic E-state index is 13.1. The zero-order valence-corrected chi connectivity index (χ0v) is 16.3. The highest BCUT2D eigenvalue weighted by atomic mass is 19.4. The number of rotatable bonds is 4. The summed E-state index contributed by atoms with van der Waals surface area (Å²) in [6.45, 7) is 1.93. The number of nitrogens with zero attached hydrogens (tertiary/aromatic N) is 3. The van der Waals surface area contributed by atoms with Crippen LogP contribution >= 0.6 is 0 Å². The van der Waals surface area contributed by atoms with Gasteiger partial charge in [-0.25, -0.2) is 4.68 Å². The molecule has 2 aromatic carbocycles. The summed E-state index contributed by atoms with van der Waals surface area (Å²) in [5.41, 5.74) is 3.84. The Kier molecular flexibility index (Phi) is 5.03. The van der Waals surface area contributed by atoms with Crippen LogP contribution in [0, 0.1) is 6.92 Å². The Bertz CT molecular complexity index is 1200. The Morgan fingerprint density at radius 2 is 1.73 bits per heavy atom. The SMILES string of the molecule is COc1ccncc1-c1cnn(-c2cc(-c3cccc(C(F)(F)F)c3)ccc2C)c1. The molecule has 152 valence electrons. The van der Waals surface area contributed by atoms with Gasteiger partial charge in [0.05, 0.1) is 24.6 Å². The maximum Gasteiger partial charge on any atom is 0.416 e. The van der Waals surface area contributed by atoms with Crippen LogP contribution < -0.4 is 4.74 Å². The molecular formula is C23H18F3N3O. The van der Waals surface area contributed by atoms with E-state index in [-0.39, 0.29) is 0 Å². The molecule has 0 radical (unpaired) electrons. The zero-order valence-electron chi connectivity index (χ0n) is 16.3. The molecule has 0 amide bonds. The highest BCUT2D eigenvalue weighted by Crippen LogP contribution is 2.34. The monoisotopic (exact) mass is 409 g/mol. The second-order valence-electron chi connectivity index (χ2n) is 6.83. The van der Waals surface area contributed by atoms with Crippen LogP contribution in [0.1, 0.15) is 11.1 Å². The van der Waals surface area contributed by atoms with Crippen molar-refractivity contribution in [1.82, 2.24) is 14.8 Å². The number of methoxy groups -OCH3 is 1. The van der Waals surface area contributed by atoms with Crippen molar-refractivity contribution in [3.05, 3.63) is 84.4 Å². The van der Waals surface area contributed by atoms with Crippen molar-refractivity contribution in [2.45, 2.75) is 13.1 Å². The van der Waals surface area contributed by atoms with Crippen LogP contribution in [0.15, 0.2) is 73.3 Å². The van der Waals surface area contributed by atoms with E-state index < -0.39 is 11.7 Å². The number of hydrogen-bond donors (Lipinski definition) is 0. The average Bonchev–Trinajstić information content (AvgIpc) is 3.23. The topological polar surface area (TPSA) is 39.9 Å². The molecule has 0 unspecified atom stereocenters. The minimum Gasteiger partial charge on any atom is -0.496 e. The quantitative estimate of drug-likeness (QED) is 0.419. The lowest BCUT2D eigenvalue weighted by Gasteiger charge is -2.12. The molecule has 0 aliphatic rings. The molecule has 2 aromatic heterocycles. The van der Waals surface area contributed by atoms with Crippen LogP contribution in [-0.2, 0) is 6.18 Å². The van der Waals surface area contributed by atoms with Crippen LogP contribution in [0.3, 0.4) is 0 Å². The van der Waals surface area contributed by atoms with E-state index in [0.29, 0.717) is 16.9 Å². The predicted molar refractivity (Wildman–Crippen MR) is 109 cm³/mol. The second kappa shape index (κ2) is 7.67. The summed E-state index contributed by atoms with van der Waals surface area (Å²) in [4.78, 5) is 4.14. The van der Waals surface area contributed by atoms with Gasteiger partial charge >= 0.3 is 6.18 Å².